The molecule has 1 aromatic heterocycles. The molecule has 1 unspecified atom stereocenters. The normalized spacial score (nSPS) is 12.5. The number of hydrogen-bond donors (Lipinski definition) is 1. The quantitative estimate of drug-likeness (QED) is 0.918. The lowest BCUT2D eigenvalue weighted by atomic mass is 10.0. The van der Waals surface area contributed by atoms with Gasteiger partial charge in [0, 0.05) is 22.4 Å². The molecule has 1 N–H and O–H groups in total. The van der Waals surface area contributed by atoms with Crippen molar-refractivity contribution in [3.63, 3.8) is 0 Å². The zero-order valence-electron chi connectivity index (χ0n) is 9.81. The summed E-state index contributed by atoms with van der Waals surface area (Å²) in [4.78, 5) is 4.10. The number of aliphatic hydroxyl groups excluding tert-OH is 1. The molecule has 0 aliphatic rings. The Hall–Kier alpha value is -1.19. The number of halogens is 1. The predicted octanol–water partition coefficient (Wildman–Crippen LogP) is 3.54. The summed E-state index contributed by atoms with van der Waals surface area (Å²) >= 11 is 3.44. The van der Waals surface area contributed by atoms with Crippen molar-refractivity contribution in [3.05, 3.63) is 63.4 Å². The number of nitrogens with zero attached hydrogens (tertiary/aromatic N) is 1. The number of hydrogen-bond acceptors (Lipinski definition) is 2. The second-order valence-electron chi connectivity index (χ2n) is 4.26. The summed E-state index contributed by atoms with van der Waals surface area (Å²) in [5.41, 5.74) is 3.87. The largest absolute Gasteiger partial charge is 0.384 e. The first kappa shape index (κ1) is 12.3. The highest BCUT2D eigenvalue weighted by Gasteiger charge is 2.11. The molecule has 0 bridgehead atoms. The molecule has 1 aromatic carbocycles. The van der Waals surface area contributed by atoms with E-state index in [1.54, 1.807) is 12.4 Å². The highest BCUT2D eigenvalue weighted by atomic mass is 79.9. The van der Waals surface area contributed by atoms with Gasteiger partial charge < -0.3 is 5.11 Å². The molecule has 17 heavy (non-hydrogen) atoms. The average molecular weight is 292 g/mol. The zero-order valence-corrected chi connectivity index (χ0v) is 11.4. The number of pyridine rings is 1. The van der Waals surface area contributed by atoms with E-state index >= 15 is 0 Å². The Morgan fingerprint density at radius 1 is 1.00 bits per heavy atom. The maximum Gasteiger partial charge on any atom is 0.106 e. The van der Waals surface area contributed by atoms with Crippen LogP contribution in [0.1, 0.15) is 28.4 Å². The van der Waals surface area contributed by atoms with Gasteiger partial charge >= 0.3 is 0 Å². The fourth-order valence-electron chi connectivity index (χ4n) is 1.84. The minimum absolute atomic E-state index is 0.626. The Labute approximate surface area is 109 Å². The van der Waals surface area contributed by atoms with Crippen LogP contribution in [0.2, 0.25) is 0 Å². The van der Waals surface area contributed by atoms with Crippen molar-refractivity contribution < 1.29 is 5.11 Å². The number of rotatable bonds is 2. The van der Waals surface area contributed by atoms with E-state index in [9.17, 15) is 5.11 Å². The van der Waals surface area contributed by atoms with Crippen molar-refractivity contribution in [1.82, 2.24) is 4.98 Å². The van der Waals surface area contributed by atoms with Crippen molar-refractivity contribution in [3.8, 4) is 0 Å². The van der Waals surface area contributed by atoms with Gasteiger partial charge in [0.15, 0.2) is 0 Å². The molecule has 0 radical (unpaired) electrons. The summed E-state index contributed by atoms with van der Waals surface area (Å²) in [6, 6.07) is 7.89. The smallest absolute Gasteiger partial charge is 0.106 e. The minimum atomic E-state index is -0.626. The maximum atomic E-state index is 10.3. The molecule has 2 nitrogen and oxygen atoms in total. The van der Waals surface area contributed by atoms with Gasteiger partial charge in [-0.05, 0) is 42.7 Å². The van der Waals surface area contributed by atoms with Crippen LogP contribution in [0.4, 0.5) is 0 Å². The van der Waals surface area contributed by atoms with Gasteiger partial charge in [-0.3, -0.25) is 4.98 Å². The van der Waals surface area contributed by atoms with E-state index < -0.39 is 6.10 Å². The molecular weight excluding hydrogens is 278 g/mol. The van der Waals surface area contributed by atoms with Crippen LogP contribution in [-0.2, 0) is 0 Å². The second-order valence-corrected chi connectivity index (χ2v) is 5.18. The fourth-order valence-corrected chi connectivity index (χ4v) is 2.47. The van der Waals surface area contributed by atoms with E-state index in [4.69, 9.17) is 0 Å². The molecule has 1 heterocycles. The van der Waals surface area contributed by atoms with Crippen molar-refractivity contribution in [2.45, 2.75) is 20.0 Å². The Kier molecular flexibility index (Phi) is 3.60. The third kappa shape index (κ3) is 2.93. The van der Waals surface area contributed by atoms with Crippen LogP contribution in [0.25, 0.3) is 0 Å². The molecular formula is C14H14BrNO. The van der Waals surface area contributed by atoms with Crippen molar-refractivity contribution in [1.29, 1.82) is 0 Å². The first-order valence-electron chi connectivity index (χ1n) is 5.43. The van der Waals surface area contributed by atoms with Crippen LogP contribution in [0.3, 0.4) is 0 Å². The molecule has 0 aliphatic heterocycles. The Bertz CT molecular complexity index is 519. The van der Waals surface area contributed by atoms with Gasteiger partial charge in [-0.2, -0.15) is 0 Å². The van der Waals surface area contributed by atoms with Gasteiger partial charge in [-0.25, -0.2) is 0 Å². The third-order valence-corrected chi connectivity index (χ3v) is 3.05. The Morgan fingerprint density at radius 2 is 1.71 bits per heavy atom. The SMILES string of the molecule is Cc1cncc(C(O)c2cc(C)cc(Br)c2)c1. The van der Waals surface area contributed by atoms with E-state index in [-0.39, 0.29) is 0 Å². The number of benzene rings is 1. The molecule has 2 aromatic rings. The molecule has 0 saturated heterocycles. The molecule has 0 amide bonds. The number of aryl methyl sites for hydroxylation is 2. The van der Waals surface area contributed by atoms with Crippen LogP contribution >= 0.6 is 15.9 Å². The lowest BCUT2D eigenvalue weighted by Gasteiger charge is -2.13. The zero-order chi connectivity index (χ0) is 12.4. The molecule has 88 valence electrons. The summed E-state index contributed by atoms with van der Waals surface area (Å²) in [7, 11) is 0. The van der Waals surface area contributed by atoms with Gasteiger partial charge in [-0.1, -0.05) is 28.1 Å². The molecule has 0 fully saturated rings. The third-order valence-electron chi connectivity index (χ3n) is 2.59. The molecule has 0 saturated carbocycles. The topological polar surface area (TPSA) is 33.1 Å². The Morgan fingerprint density at radius 3 is 2.35 bits per heavy atom. The van der Waals surface area contributed by atoms with Gasteiger partial charge in [-0.15, -0.1) is 0 Å². The van der Waals surface area contributed by atoms with E-state index in [0.717, 1.165) is 26.7 Å². The first-order chi connectivity index (χ1) is 8.06. The Balaban J connectivity index is 2.39. The van der Waals surface area contributed by atoms with Crippen LogP contribution in [0, 0.1) is 13.8 Å². The minimum Gasteiger partial charge on any atom is -0.384 e. The molecule has 2 rings (SSSR count). The maximum absolute atomic E-state index is 10.3. The summed E-state index contributed by atoms with van der Waals surface area (Å²) in [5.74, 6) is 0. The van der Waals surface area contributed by atoms with Gasteiger partial charge in [0.05, 0.1) is 0 Å². The molecule has 3 heteroatoms. The van der Waals surface area contributed by atoms with Crippen molar-refractivity contribution in [2.75, 3.05) is 0 Å². The number of aromatic nitrogens is 1. The van der Waals surface area contributed by atoms with E-state index in [0.29, 0.717) is 0 Å². The van der Waals surface area contributed by atoms with Crippen LogP contribution in [0.5, 0.6) is 0 Å². The van der Waals surface area contributed by atoms with Gasteiger partial charge in [0.2, 0.25) is 0 Å². The van der Waals surface area contributed by atoms with E-state index in [1.165, 1.54) is 0 Å². The first-order valence-corrected chi connectivity index (χ1v) is 6.22. The van der Waals surface area contributed by atoms with Crippen LogP contribution in [0.15, 0.2) is 41.1 Å². The van der Waals surface area contributed by atoms with Crippen LogP contribution < -0.4 is 0 Å². The second kappa shape index (κ2) is 4.98. The van der Waals surface area contributed by atoms with Crippen molar-refractivity contribution in [2.24, 2.45) is 0 Å². The highest BCUT2D eigenvalue weighted by Crippen LogP contribution is 2.25. The lowest BCUT2D eigenvalue weighted by molar-refractivity contribution is 0.219. The summed E-state index contributed by atoms with van der Waals surface area (Å²) in [5, 5.41) is 10.3. The monoisotopic (exact) mass is 291 g/mol. The van der Waals surface area contributed by atoms with Crippen LogP contribution in [-0.4, -0.2) is 10.1 Å². The van der Waals surface area contributed by atoms with E-state index in [2.05, 4.69) is 20.9 Å². The van der Waals surface area contributed by atoms with Gasteiger partial charge in [0.1, 0.15) is 6.10 Å². The standard InChI is InChI=1S/C14H14BrNO/c1-9-3-11(6-13(15)5-9)14(17)12-4-10(2)7-16-8-12/h3-8,14,17H,1-2H3. The molecule has 0 aliphatic carbocycles. The summed E-state index contributed by atoms with van der Waals surface area (Å²) in [6.07, 6.45) is 2.86. The number of aliphatic hydroxyl groups is 1. The predicted molar refractivity (Wildman–Crippen MR) is 71.9 cm³/mol. The molecule has 1 atom stereocenters. The summed E-state index contributed by atoms with van der Waals surface area (Å²) < 4.78 is 0.979. The van der Waals surface area contributed by atoms with Crippen molar-refractivity contribution >= 4 is 15.9 Å². The average Bonchev–Trinajstić information content (AvgIpc) is 2.26. The van der Waals surface area contributed by atoms with E-state index in [1.807, 2.05) is 38.1 Å². The lowest BCUT2D eigenvalue weighted by Crippen LogP contribution is -2.01. The van der Waals surface area contributed by atoms with Gasteiger partial charge in [0.25, 0.3) is 0 Å². The highest BCUT2D eigenvalue weighted by molar-refractivity contribution is 9.10. The fraction of sp³-hybridized carbons (Fsp3) is 0.214. The summed E-state index contributed by atoms with van der Waals surface area (Å²) in [6.45, 7) is 3.98. The molecule has 0 spiro atoms.